The number of hydrogen-bond donors (Lipinski definition) is 2. The average Bonchev–Trinajstić information content (AvgIpc) is 3.22. The fourth-order valence-electron chi connectivity index (χ4n) is 5.47. The van der Waals surface area contributed by atoms with E-state index < -0.39 is 41.5 Å². The van der Waals surface area contributed by atoms with Crippen LogP contribution in [0.1, 0.15) is 64.3 Å². The molecule has 0 unspecified atom stereocenters. The third kappa shape index (κ3) is 6.14. The summed E-state index contributed by atoms with van der Waals surface area (Å²) in [5.74, 6) is 1.52. The van der Waals surface area contributed by atoms with E-state index in [0.717, 1.165) is 22.4 Å². The van der Waals surface area contributed by atoms with Gasteiger partial charge in [-0.3, -0.25) is 4.90 Å². The first-order valence-corrected chi connectivity index (χ1v) is 12.9. The molecule has 0 spiro atoms. The van der Waals surface area contributed by atoms with Crippen LogP contribution in [0.3, 0.4) is 0 Å². The molecular formula is C31H40N2O5. The number of methoxy groups -OCH3 is 1. The lowest BCUT2D eigenvalue weighted by molar-refractivity contribution is -0.144. The molecule has 1 amide bonds. The summed E-state index contributed by atoms with van der Waals surface area (Å²) in [5.41, 5.74) is 2.42. The molecule has 0 bridgehead atoms. The second-order valence-corrected chi connectivity index (χ2v) is 11.9. The van der Waals surface area contributed by atoms with E-state index in [1.54, 1.807) is 7.11 Å². The highest BCUT2D eigenvalue weighted by Crippen LogP contribution is 2.48. The molecule has 2 aromatic rings. The predicted octanol–water partition coefficient (Wildman–Crippen LogP) is 5.39. The molecule has 1 aliphatic rings. The van der Waals surface area contributed by atoms with Gasteiger partial charge < -0.3 is 19.9 Å². The number of likely N-dealkylation sites (tertiary alicyclic amines) is 1. The van der Waals surface area contributed by atoms with Crippen molar-refractivity contribution in [1.82, 2.24) is 10.2 Å². The predicted molar refractivity (Wildman–Crippen MR) is 148 cm³/mol. The Morgan fingerprint density at radius 3 is 2.26 bits per heavy atom. The Kier molecular flexibility index (Phi) is 8.79. The summed E-state index contributed by atoms with van der Waals surface area (Å²) in [4.78, 5) is 27.5. The number of carboxylic acid groups (broad SMARTS) is 1. The number of terminal acetylenes is 1. The minimum Gasteiger partial charge on any atom is -0.496 e. The van der Waals surface area contributed by atoms with Crippen molar-refractivity contribution >= 4 is 12.1 Å². The molecule has 0 radical (unpaired) electrons. The van der Waals surface area contributed by atoms with Crippen LogP contribution in [0.15, 0.2) is 48.5 Å². The Morgan fingerprint density at radius 2 is 1.74 bits per heavy atom. The van der Waals surface area contributed by atoms with Crippen LogP contribution in [0, 0.1) is 23.7 Å². The average molecular weight is 521 g/mol. The van der Waals surface area contributed by atoms with Gasteiger partial charge in [-0.15, -0.1) is 6.42 Å². The largest absolute Gasteiger partial charge is 0.496 e. The lowest BCUT2D eigenvalue weighted by atomic mass is 9.72. The molecule has 1 fully saturated rings. The van der Waals surface area contributed by atoms with Crippen molar-refractivity contribution in [2.45, 2.75) is 71.6 Å². The number of benzene rings is 2. The first kappa shape index (κ1) is 29.1. The molecule has 0 aliphatic carbocycles. The molecule has 1 aliphatic heterocycles. The molecule has 2 aromatic carbocycles. The van der Waals surface area contributed by atoms with E-state index in [4.69, 9.17) is 15.9 Å². The van der Waals surface area contributed by atoms with Gasteiger partial charge in [-0.1, -0.05) is 89.9 Å². The van der Waals surface area contributed by atoms with Gasteiger partial charge in [0.1, 0.15) is 11.8 Å². The van der Waals surface area contributed by atoms with Crippen LogP contribution < -0.4 is 10.1 Å². The molecule has 1 heterocycles. The van der Waals surface area contributed by atoms with E-state index in [1.807, 2.05) is 57.2 Å². The normalized spacial score (nSPS) is 21.6. The Bertz CT molecular complexity index is 1170. The topological polar surface area (TPSA) is 88.1 Å². The van der Waals surface area contributed by atoms with Crippen molar-refractivity contribution in [3.63, 3.8) is 0 Å². The van der Waals surface area contributed by atoms with E-state index in [-0.39, 0.29) is 12.0 Å². The summed E-state index contributed by atoms with van der Waals surface area (Å²) >= 11 is 0. The fraction of sp³-hybridized carbons (Fsp3) is 0.484. The molecule has 0 aromatic heterocycles. The Labute approximate surface area is 226 Å². The number of aliphatic carboxylic acids is 1. The van der Waals surface area contributed by atoms with Gasteiger partial charge in [-0.05, 0) is 28.0 Å². The second kappa shape index (κ2) is 11.5. The van der Waals surface area contributed by atoms with E-state index >= 15 is 0 Å². The second-order valence-electron chi connectivity index (χ2n) is 11.9. The lowest BCUT2D eigenvalue weighted by Gasteiger charge is -2.35. The molecule has 2 N–H and O–H groups in total. The standard InChI is InChI=1S/C31H40N2O5/c1-9-17-38-29(36)33-26(20-13-11-10-12-14-20)25(24(31(5,6)7)27(33)28(34)35)32-19-21-18-22(30(2,3)4)15-16-23(21)37-8/h1,10-16,18,24-27,32H,17,19H2,2-8H3,(H,34,35)/t24-,25-,26-,27-/m0/s1. The summed E-state index contributed by atoms with van der Waals surface area (Å²) in [6.07, 6.45) is 4.59. The summed E-state index contributed by atoms with van der Waals surface area (Å²) in [5, 5.41) is 14.1. The highest BCUT2D eigenvalue weighted by molar-refractivity contribution is 5.82. The van der Waals surface area contributed by atoms with Gasteiger partial charge in [0.05, 0.1) is 13.2 Å². The van der Waals surface area contributed by atoms with Crippen molar-refractivity contribution in [2.75, 3.05) is 13.7 Å². The van der Waals surface area contributed by atoms with Gasteiger partial charge in [0.2, 0.25) is 0 Å². The Morgan fingerprint density at radius 1 is 1.08 bits per heavy atom. The van der Waals surface area contributed by atoms with Crippen molar-refractivity contribution in [2.24, 2.45) is 11.3 Å². The van der Waals surface area contributed by atoms with Crippen LogP contribution >= 0.6 is 0 Å². The van der Waals surface area contributed by atoms with E-state index in [1.165, 1.54) is 4.90 Å². The maximum atomic E-state index is 13.3. The zero-order valence-corrected chi connectivity index (χ0v) is 23.4. The monoisotopic (exact) mass is 520 g/mol. The van der Waals surface area contributed by atoms with Crippen molar-refractivity contribution in [3.05, 3.63) is 65.2 Å². The van der Waals surface area contributed by atoms with Gasteiger partial charge in [-0.2, -0.15) is 0 Å². The number of carbonyl (C=O) groups excluding carboxylic acids is 1. The number of nitrogens with one attached hydrogen (secondary N) is 1. The number of nitrogens with zero attached hydrogens (tertiary/aromatic N) is 1. The quantitative estimate of drug-likeness (QED) is 0.476. The van der Waals surface area contributed by atoms with Crippen LogP contribution in [0.2, 0.25) is 0 Å². The van der Waals surface area contributed by atoms with E-state index in [0.29, 0.717) is 6.54 Å². The summed E-state index contributed by atoms with van der Waals surface area (Å²) in [6.45, 7) is 12.7. The minimum atomic E-state index is -1.12. The van der Waals surface area contributed by atoms with Crippen molar-refractivity contribution in [1.29, 1.82) is 0 Å². The number of amides is 1. The van der Waals surface area contributed by atoms with Gasteiger partial charge in [0, 0.05) is 24.1 Å². The zero-order valence-electron chi connectivity index (χ0n) is 23.4. The van der Waals surface area contributed by atoms with Crippen LogP contribution in [-0.4, -0.2) is 47.9 Å². The third-order valence-electron chi connectivity index (χ3n) is 7.23. The number of rotatable bonds is 7. The summed E-state index contributed by atoms with van der Waals surface area (Å²) < 4.78 is 11.0. The van der Waals surface area contributed by atoms with E-state index in [9.17, 15) is 14.7 Å². The highest BCUT2D eigenvalue weighted by atomic mass is 16.6. The third-order valence-corrected chi connectivity index (χ3v) is 7.23. The first-order chi connectivity index (χ1) is 17.8. The Hall–Kier alpha value is -3.50. The van der Waals surface area contributed by atoms with Crippen LogP contribution in [0.4, 0.5) is 4.79 Å². The highest BCUT2D eigenvalue weighted by Gasteiger charge is 2.58. The van der Waals surface area contributed by atoms with Gasteiger partial charge >= 0.3 is 12.1 Å². The fourth-order valence-corrected chi connectivity index (χ4v) is 5.47. The smallest absolute Gasteiger partial charge is 0.412 e. The van der Waals surface area contributed by atoms with Crippen molar-refractivity contribution < 1.29 is 24.2 Å². The molecule has 7 heteroatoms. The SMILES string of the molecule is C#CCOC(=O)N1[C@H](C(=O)O)[C@@H](C(C)(C)C)[C@H](NCc2cc(C(C)(C)C)ccc2OC)[C@@H]1c1ccccc1. The number of carbonyl (C=O) groups is 2. The molecule has 0 saturated carbocycles. The van der Waals surface area contributed by atoms with Gasteiger partial charge in [0.15, 0.2) is 6.61 Å². The Balaban J connectivity index is 2.13. The lowest BCUT2D eigenvalue weighted by Crippen LogP contribution is -2.48. The molecule has 4 atom stereocenters. The van der Waals surface area contributed by atoms with Crippen LogP contribution in [0.25, 0.3) is 0 Å². The molecule has 7 nitrogen and oxygen atoms in total. The molecule has 204 valence electrons. The van der Waals surface area contributed by atoms with Gasteiger partial charge in [0.25, 0.3) is 0 Å². The van der Waals surface area contributed by atoms with Gasteiger partial charge in [-0.25, -0.2) is 9.59 Å². The summed E-state index contributed by atoms with van der Waals surface area (Å²) in [6, 6.07) is 13.5. The molecule has 38 heavy (non-hydrogen) atoms. The molecule has 1 saturated heterocycles. The minimum absolute atomic E-state index is 0.0547. The molecular weight excluding hydrogens is 480 g/mol. The first-order valence-electron chi connectivity index (χ1n) is 12.9. The maximum absolute atomic E-state index is 13.3. The van der Waals surface area contributed by atoms with Crippen molar-refractivity contribution in [3.8, 4) is 18.1 Å². The van der Waals surface area contributed by atoms with Crippen LogP contribution in [-0.2, 0) is 21.5 Å². The number of carboxylic acids is 1. The van der Waals surface area contributed by atoms with Crippen LogP contribution in [0.5, 0.6) is 5.75 Å². The number of hydrogen-bond acceptors (Lipinski definition) is 5. The summed E-state index contributed by atoms with van der Waals surface area (Å²) in [7, 11) is 1.64. The van der Waals surface area contributed by atoms with E-state index in [2.05, 4.69) is 44.1 Å². The maximum Gasteiger partial charge on any atom is 0.412 e. The number of ether oxygens (including phenoxy) is 2. The molecule has 3 rings (SSSR count). The zero-order chi connectivity index (χ0) is 28.3.